The average Bonchev–Trinajstić information content (AvgIpc) is 3.32. The molecule has 0 aliphatic heterocycles. The van der Waals surface area contributed by atoms with Crippen molar-refractivity contribution in [3.63, 3.8) is 0 Å². The van der Waals surface area contributed by atoms with E-state index in [1.807, 2.05) is 0 Å². The number of nitrogens with zero attached hydrogens (tertiary/aromatic N) is 3. The van der Waals surface area contributed by atoms with Gasteiger partial charge in [0.2, 0.25) is 10.0 Å². The molecule has 0 saturated heterocycles. The SMILES string of the molecule is CN(Cc1nccn1CC(F)(F)F)C(=O)c1cc(S(=O)(=O)NC2CC2)ccc1Br. The smallest absolute Gasteiger partial charge is 0.334 e. The summed E-state index contributed by atoms with van der Waals surface area (Å²) >= 11 is 3.23. The van der Waals surface area contributed by atoms with E-state index < -0.39 is 28.7 Å². The van der Waals surface area contributed by atoms with E-state index in [4.69, 9.17) is 0 Å². The Morgan fingerprint density at radius 2 is 2.07 bits per heavy atom. The van der Waals surface area contributed by atoms with Crippen LogP contribution in [0.2, 0.25) is 0 Å². The van der Waals surface area contributed by atoms with Gasteiger partial charge in [-0.3, -0.25) is 4.79 Å². The van der Waals surface area contributed by atoms with Crippen molar-refractivity contribution in [2.75, 3.05) is 7.05 Å². The molecule has 1 amide bonds. The second-order valence-corrected chi connectivity index (χ2v) is 9.35. The molecule has 0 radical (unpaired) electrons. The number of hydrogen-bond donors (Lipinski definition) is 1. The van der Waals surface area contributed by atoms with Gasteiger partial charge >= 0.3 is 6.18 Å². The molecule has 29 heavy (non-hydrogen) atoms. The van der Waals surface area contributed by atoms with Crippen molar-refractivity contribution in [2.45, 2.75) is 43.0 Å². The Morgan fingerprint density at radius 1 is 1.38 bits per heavy atom. The molecule has 12 heteroatoms. The molecule has 1 fully saturated rings. The van der Waals surface area contributed by atoms with E-state index in [2.05, 4.69) is 25.6 Å². The number of aromatic nitrogens is 2. The van der Waals surface area contributed by atoms with E-state index in [0.717, 1.165) is 17.4 Å². The zero-order valence-electron chi connectivity index (χ0n) is 15.3. The van der Waals surface area contributed by atoms with E-state index in [-0.39, 0.29) is 28.9 Å². The highest BCUT2D eigenvalue weighted by atomic mass is 79.9. The molecule has 1 saturated carbocycles. The Kier molecular flexibility index (Phi) is 6.06. The van der Waals surface area contributed by atoms with Crippen molar-refractivity contribution in [3.8, 4) is 0 Å². The van der Waals surface area contributed by atoms with Gasteiger partial charge in [0.1, 0.15) is 12.4 Å². The minimum atomic E-state index is -4.42. The van der Waals surface area contributed by atoms with Crippen LogP contribution in [0.15, 0.2) is 40.0 Å². The zero-order valence-corrected chi connectivity index (χ0v) is 17.7. The van der Waals surface area contributed by atoms with Crippen LogP contribution < -0.4 is 4.72 Å². The Labute approximate surface area is 174 Å². The fraction of sp³-hybridized carbons (Fsp3) is 0.412. The first kappa shape index (κ1) is 21.8. The topological polar surface area (TPSA) is 84.3 Å². The number of halogens is 4. The number of hydrogen-bond acceptors (Lipinski definition) is 4. The molecule has 1 N–H and O–H groups in total. The molecule has 0 spiro atoms. The van der Waals surface area contributed by atoms with Gasteiger partial charge in [0.15, 0.2) is 0 Å². The van der Waals surface area contributed by atoms with Crippen LogP contribution >= 0.6 is 15.9 Å². The maximum absolute atomic E-state index is 12.8. The van der Waals surface area contributed by atoms with Gasteiger partial charge in [-0.15, -0.1) is 0 Å². The molecular weight excluding hydrogens is 477 g/mol. The van der Waals surface area contributed by atoms with Crippen LogP contribution in [0, 0.1) is 0 Å². The molecule has 0 unspecified atom stereocenters. The lowest BCUT2D eigenvalue weighted by Gasteiger charge is -2.19. The van der Waals surface area contributed by atoms with E-state index in [1.165, 1.54) is 42.5 Å². The lowest BCUT2D eigenvalue weighted by atomic mass is 10.2. The molecule has 0 bridgehead atoms. The van der Waals surface area contributed by atoms with Crippen LogP contribution in [0.1, 0.15) is 29.0 Å². The molecular formula is C17H18BrF3N4O3S. The highest BCUT2D eigenvalue weighted by Crippen LogP contribution is 2.26. The standard InChI is InChI=1S/C17H18BrF3N4O3S/c1-24(9-15-22-6-7-25(15)10-17(19,20)21)16(26)13-8-12(4-5-14(13)18)29(27,28)23-11-2-3-11/h4-8,11,23H,2-3,9-10H2,1H3. The second kappa shape index (κ2) is 8.07. The van der Waals surface area contributed by atoms with E-state index in [1.54, 1.807) is 0 Å². The Hall–Kier alpha value is -1.92. The van der Waals surface area contributed by atoms with Crippen LogP contribution in [0.4, 0.5) is 13.2 Å². The molecule has 1 aromatic heterocycles. The molecule has 3 rings (SSSR count). The van der Waals surface area contributed by atoms with Crippen LogP contribution in [0.3, 0.4) is 0 Å². The number of nitrogens with one attached hydrogen (secondary N) is 1. The molecule has 1 aliphatic rings. The van der Waals surface area contributed by atoms with Crippen molar-refractivity contribution in [1.82, 2.24) is 19.2 Å². The minimum Gasteiger partial charge on any atom is -0.334 e. The quantitative estimate of drug-likeness (QED) is 0.641. The van der Waals surface area contributed by atoms with Crippen LogP contribution in [0.5, 0.6) is 0 Å². The van der Waals surface area contributed by atoms with Gasteiger partial charge in [-0.05, 0) is 47.0 Å². The van der Waals surface area contributed by atoms with Crippen LogP contribution in [-0.4, -0.2) is 48.0 Å². The molecule has 158 valence electrons. The monoisotopic (exact) mass is 494 g/mol. The van der Waals surface area contributed by atoms with Gasteiger partial charge in [-0.25, -0.2) is 18.1 Å². The van der Waals surface area contributed by atoms with Crippen molar-refractivity contribution in [2.24, 2.45) is 0 Å². The van der Waals surface area contributed by atoms with Crippen LogP contribution in [-0.2, 0) is 23.1 Å². The summed E-state index contributed by atoms with van der Waals surface area (Å²) in [5.41, 5.74) is 0.0834. The maximum atomic E-state index is 12.8. The molecule has 1 aromatic carbocycles. The number of sulfonamides is 1. The van der Waals surface area contributed by atoms with Crippen molar-refractivity contribution in [3.05, 3.63) is 46.5 Å². The number of benzene rings is 1. The summed E-state index contributed by atoms with van der Waals surface area (Å²) in [7, 11) is -2.35. The van der Waals surface area contributed by atoms with Gasteiger partial charge in [0, 0.05) is 30.0 Å². The molecule has 0 atom stereocenters. The highest BCUT2D eigenvalue weighted by molar-refractivity contribution is 9.10. The first-order valence-corrected chi connectivity index (χ1v) is 10.9. The fourth-order valence-corrected chi connectivity index (χ4v) is 4.39. The molecule has 7 nitrogen and oxygen atoms in total. The molecule has 1 heterocycles. The number of imidazole rings is 1. The Balaban J connectivity index is 1.79. The number of rotatable bonds is 7. The predicted octanol–water partition coefficient (Wildman–Crippen LogP) is 2.92. The third-order valence-corrected chi connectivity index (χ3v) is 6.46. The largest absolute Gasteiger partial charge is 0.406 e. The highest BCUT2D eigenvalue weighted by Gasteiger charge is 2.30. The Morgan fingerprint density at radius 3 is 2.69 bits per heavy atom. The third kappa shape index (κ3) is 5.58. The van der Waals surface area contributed by atoms with Gasteiger partial charge in [-0.2, -0.15) is 13.2 Å². The van der Waals surface area contributed by atoms with Crippen molar-refractivity contribution in [1.29, 1.82) is 0 Å². The van der Waals surface area contributed by atoms with E-state index in [9.17, 15) is 26.4 Å². The molecule has 2 aromatic rings. The number of amides is 1. The summed E-state index contributed by atoms with van der Waals surface area (Å²) in [6, 6.07) is 3.99. The summed E-state index contributed by atoms with van der Waals surface area (Å²) < 4.78 is 66.6. The number of carbonyl (C=O) groups is 1. The van der Waals surface area contributed by atoms with Crippen molar-refractivity contribution < 1.29 is 26.4 Å². The first-order chi connectivity index (χ1) is 13.5. The second-order valence-electron chi connectivity index (χ2n) is 6.78. The van der Waals surface area contributed by atoms with Gasteiger partial charge in [-0.1, -0.05) is 0 Å². The average molecular weight is 495 g/mol. The number of carbonyl (C=O) groups excluding carboxylic acids is 1. The summed E-state index contributed by atoms with van der Waals surface area (Å²) in [6.07, 6.45) is -0.456. The van der Waals surface area contributed by atoms with Crippen molar-refractivity contribution >= 4 is 31.9 Å². The maximum Gasteiger partial charge on any atom is 0.406 e. The van der Waals surface area contributed by atoms with Crippen LogP contribution in [0.25, 0.3) is 0 Å². The van der Waals surface area contributed by atoms with Gasteiger partial charge in [0.25, 0.3) is 5.91 Å². The normalized spacial score (nSPS) is 14.8. The minimum absolute atomic E-state index is 0.0529. The van der Waals surface area contributed by atoms with E-state index in [0.29, 0.717) is 4.47 Å². The summed E-state index contributed by atoms with van der Waals surface area (Å²) in [5, 5.41) is 0. The predicted molar refractivity (Wildman–Crippen MR) is 102 cm³/mol. The van der Waals surface area contributed by atoms with Gasteiger partial charge < -0.3 is 9.47 Å². The lowest BCUT2D eigenvalue weighted by molar-refractivity contribution is -0.141. The zero-order chi connectivity index (χ0) is 21.4. The number of alkyl halides is 3. The fourth-order valence-electron chi connectivity index (χ4n) is 2.64. The summed E-state index contributed by atoms with van der Waals surface area (Å²) in [4.78, 5) is 17.8. The summed E-state index contributed by atoms with van der Waals surface area (Å²) in [5.74, 6) is -0.490. The summed E-state index contributed by atoms with van der Waals surface area (Å²) in [6.45, 7) is -1.39. The third-order valence-electron chi connectivity index (χ3n) is 4.25. The first-order valence-electron chi connectivity index (χ1n) is 8.60. The lowest BCUT2D eigenvalue weighted by Crippen LogP contribution is -2.30. The van der Waals surface area contributed by atoms with Gasteiger partial charge in [0.05, 0.1) is 17.0 Å². The molecule has 1 aliphatic carbocycles. The van der Waals surface area contributed by atoms with E-state index >= 15 is 0 Å². The Bertz CT molecular complexity index is 1020.